The number of nitrogens with zero attached hydrogens (tertiary/aromatic N) is 1. The molecule has 176 valence electrons. The molecule has 2 heterocycles. The van der Waals surface area contributed by atoms with Crippen LogP contribution in [-0.2, 0) is 16.0 Å². The Bertz CT molecular complexity index is 1000. The number of benzene rings is 2. The Balaban J connectivity index is 1.30. The zero-order chi connectivity index (χ0) is 23.5. The molecule has 2 aliphatic heterocycles. The largest absolute Gasteiger partial charge is 0.507 e. The highest BCUT2D eigenvalue weighted by atomic mass is 32.2. The Labute approximate surface area is 198 Å². The third kappa shape index (κ3) is 5.69. The fourth-order valence-electron chi connectivity index (χ4n) is 4.23. The van der Waals surface area contributed by atoms with Gasteiger partial charge in [0, 0.05) is 19.1 Å². The summed E-state index contributed by atoms with van der Waals surface area (Å²) < 4.78 is 12.0. The van der Waals surface area contributed by atoms with Gasteiger partial charge in [-0.2, -0.15) is 0 Å². The Hall–Kier alpha value is -2.55. The lowest BCUT2D eigenvalue weighted by Crippen LogP contribution is -2.45. The first kappa shape index (κ1) is 23.6. The quantitative estimate of drug-likeness (QED) is 0.637. The molecule has 8 heteroatoms. The van der Waals surface area contributed by atoms with Crippen molar-refractivity contribution in [1.29, 1.82) is 0 Å². The molecular weight excluding hydrogens is 440 g/mol. The number of amides is 2. The molecule has 2 aromatic rings. The number of carbonyl (C=O) groups excluding carboxylic acids is 2. The molecule has 3 atom stereocenters. The van der Waals surface area contributed by atoms with Crippen molar-refractivity contribution in [2.24, 2.45) is 0 Å². The molecule has 0 saturated carbocycles. The van der Waals surface area contributed by atoms with Gasteiger partial charge >= 0.3 is 0 Å². The summed E-state index contributed by atoms with van der Waals surface area (Å²) in [7, 11) is 0. The second kappa shape index (κ2) is 10.2. The van der Waals surface area contributed by atoms with Gasteiger partial charge in [-0.15, -0.1) is 0 Å². The summed E-state index contributed by atoms with van der Waals surface area (Å²) in [5.74, 6) is 0.901. The maximum Gasteiger partial charge on any atom is 0.286 e. The molecule has 33 heavy (non-hydrogen) atoms. The summed E-state index contributed by atoms with van der Waals surface area (Å²) in [5, 5.41) is 11.7. The van der Waals surface area contributed by atoms with Crippen LogP contribution in [-0.4, -0.2) is 58.7 Å². The van der Waals surface area contributed by atoms with Crippen LogP contribution in [0.4, 0.5) is 4.79 Å². The van der Waals surface area contributed by atoms with Crippen molar-refractivity contribution in [2.75, 3.05) is 26.3 Å². The van der Waals surface area contributed by atoms with Crippen molar-refractivity contribution in [2.45, 2.75) is 44.6 Å². The molecule has 0 spiro atoms. The standard InChI is InChI=1S/C25H30N2O5S/c1-15-10-19(11-16(2)23(15)28)21-13-27(8-9-31-21)17(3)14-32-20-6-4-18(5-7-20)12-22-24(29)26-25(30)33-22/h4-7,10-11,17,21-22,28H,8-9,12-14H2,1-3H3,(H,26,29,30). The third-order valence-corrected chi connectivity index (χ3v) is 7.19. The molecule has 2 N–H and O–H groups in total. The van der Waals surface area contributed by atoms with Crippen LogP contribution >= 0.6 is 11.8 Å². The molecule has 2 aliphatic rings. The van der Waals surface area contributed by atoms with E-state index in [1.165, 1.54) is 0 Å². The van der Waals surface area contributed by atoms with Crippen LogP contribution in [0, 0.1) is 13.8 Å². The van der Waals surface area contributed by atoms with E-state index < -0.39 is 0 Å². The lowest BCUT2D eigenvalue weighted by molar-refractivity contribution is -0.118. The summed E-state index contributed by atoms with van der Waals surface area (Å²) in [5.41, 5.74) is 3.81. The monoisotopic (exact) mass is 470 g/mol. The van der Waals surface area contributed by atoms with Gasteiger partial charge in [0.2, 0.25) is 5.91 Å². The van der Waals surface area contributed by atoms with E-state index in [1.54, 1.807) is 0 Å². The fourth-order valence-corrected chi connectivity index (χ4v) is 5.09. The summed E-state index contributed by atoms with van der Waals surface area (Å²) in [6.07, 6.45) is 0.487. The topological polar surface area (TPSA) is 88.1 Å². The number of phenolic OH excluding ortho intramolecular Hbond substituents is 1. The molecule has 0 aliphatic carbocycles. The zero-order valence-corrected chi connectivity index (χ0v) is 20.0. The van der Waals surface area contributed by atoms with Gasteiger partial charge < -0.3 is 14.6 Å². The average molecular weight is 471 g/mol. The molecule has 2 saturated heterocycles. The van der Waals surface area contributed by atoms with E-state index in [2.05, 4.69) is 17.1 Å². The van der Waals surface area contributed by atoms with Crippen molar-refractivity contribution in [3.63, 3.8) is 0 Å². The SMILES string of the molecule is Cc1cc(C2CN(C(C)COc3ccc(CC4SC(=O)NC4=O)cc3)CCO2)cc(C)c1O. The maximum atomic E-state index is 11.7. The van der Waals surface area contributed by atoms with Crippen LogP contribution in [0.1, 0.15) is 35.3 Å². The van der Waals surface area contributed by atoms with E-state index in [4.69, 9.17) is 9.47 Å². The molecule has 7 nitrogen and oxygen atoms in total. The highest BCUT2D eigenvalue weighted by molar-refractivity contribution is 8.15. The van der Waals surface area contributed by atoms with E-state index in [0.29, 0.717) is 25.4 Å². The van der Waals surface area contributed by atoms with Crippen LogP contribution in [0.2, 0.25) is 0 Å². The number of aromatic hydroxyl groups is 1. The van der Waals surface area contributed by atoms with Crippen molar-refractivity contribution in [3.05, 3.63) is 58.7 Å². The molecule has 2 fully saturated rings. The first-order valence-electron chi connectivity index (χ1n) is 11.2. The Morgan fingerprint density at radius 1 is 1.21 bits per heavy atom. The molecule has 2 aromatic carbocycles. The normalized spacial score (nSPS) is 22.3. The highest BCUT2D eigenvalue weighted by Crippen LogP contribution is 2.30. The van der Waals surface area contributed by atoms with Crippen molar-refractivity contribution in [1.82, 2.24) is 10.2 Å². The van der Waals surface area contributed by atoms with Crippen LogP contribution in [0.5, 0.6) is 11.5 Å². The van der Waals surface area contributed by atoms with Gasteiger partial charge in [0.05, 0.1) is 18.0 Å². The molecular formula is C25H30N2O5S. The molecule has 3 unspecified atom stereocenters. The number of rotatable bonds is 7. The van der Waals surface area contributed by atoms with Gasteiger partial charge in [-0.3, -0.25) is 19.8 Å². The van der Waals surface area contributed by atoms with E-state index in [-0.39, 0.29) is 28.5 Å². The first-order valence-corrected chi connectivity index (χ1v) is 12.1. The van der Waals surface area contributed by atoms with Gasteiger partial charge in [-0.1, -0.05) is 23.9 Å². The van der Waals surface area contributed by atoms with Crippen molar-refractivity contribution < 1.29 is 24.2 Å². The summed E-state index contributed by atoms with van der Waals surface area (Å²) in [4.78, 5) is 25.4. The van der Waals surface area contributed by atoms with Gasteiger partial charge in [0.15, 0.2) is 0 Å². The zero-order valence-electron chi connectivity index (χ0n) is 19.2. The van der Waals surface area contributed by atoms with E-state index in [0.717, 1.165) is 52.9 Å². The van der Waals surface area contributed by atoms with Crippen LogP contribution < -0.4 is 10.1 Å². The number of carbonyl (C=O) groups is 2. The average Bonchev–Trinajstić information content (AvgIpc) is 3.12. The number of ether oxygens (including phenoxy) is 2. The van der Waals surface area contributed by atoms with Crippen LogP contribution in [0.15, 0.2) is 36.4 Å². The Morgan fingerprint density at radius 2 is 1.91 bits per heavy atom. The number of morpholine rings is 1. The Morgan fingerprint density at radius 3 is 2.55 bits per heavy atom. The van der Waals surface area contributed by atoms with Gasteiger partial charge in [0.25, 0.3) is 5.24 Å². The fraction of sp³-hybridized carbons (Fsp3) is 0.440. The lowest BCUT2D eigenvalue weighted by atomic mass is 10.0. The molecule has 2 amide bonds. The first-order chi connectivity index (χ1) is 15.8. The number of hydrogen-bond acceptors (Lipinski definition) is 7. The third-order valence-electron chi connectivity index (χ3n) is 6.21. The van der Waals surface area contributed by atoms with E-state index in [1.807, 2.05) is 50.2 Å². The highest BCUT2D eigenvalue weighted by Gasteiger charge is 2.31. The number of aryl methyl sites for hydroxylation is 2. The predicted octanol–water partition coefficient (Wildman–Crippen LogP) is 3.74. The number of hydrogen-bond donors (Lipinski definition) is 2. The summed E-state index contributed by atoms with van der Waals surface area (Å²) in [6.45, 7) is 8.79. The second-order valence-corrected chi connectivity index (χ2v) is 9.92. The lowest BCUT2D eigenvalue weighted by Gasteiger charge is -2.37. The minimum atomic E-state index is -0.361. The number of nitrogens with one attached hydrogen (secondary N) is 1. The van der Waals surface area contributed by atoms with Gasteiger partial charge in [-0.25, -0.2) is 0 Å². The van der Waals surface area contributed by atoms with Gasteiger partial charge in [0.1, 0.15) is 18.1 Å². The van der Waals surface area contributed by atoms with Crippen molar-refractivity contribution in [3.8, 4) is 11.5 Å². The minimum absolute atomic E-state index is 0.0315. The van der Waals surface area contributed by atoms with Crippen LogP contribution in [0.3, 0.4) is 0 Å². The number of thioether (sulfide) groups is 1. The van der Waals surface area contributed by atoms with Gasteiger partial charge in [-0.05, 0) is 73.7 Å². The summed E-state index contributed by atoms with van der Waals surface area (Å²) >= 11 is 1.04. The molecule has 0 radical (unpaired) electrons. The molecule has 4 rings (SSSR count). The smallest absolute Gasteiger partial charge is 0.286 e. The molecule has 0 aromatic heterocycles. The Kier molecular flexibility index (Phi) is 7.26. The van der Waals surface area contributed by atoms with E-state index >= 15 is 0 Å². The number of imide groups is 1. The minimum Gasteiger partial charge on any atom is -0.507 e. The van der Waals surface area contributed by atoms with Crippen molar-refractivity contribution >= 4 is 22.9 Å². The second-order valence-electron chi connectivity index (χ2n) is 8.75. The van der Waals surface area contributed by atoms with E-state index in [9.17, 15) is 14.7 Å². The predicted molar refractivity (Wildman–Crippen MR) is 128 cm³/mol. The van der Waals surface area contributed by atoms with Crippen LogP contribution in [0.25, 0.3) is 0 Å². The molecule has 0 bridgehead atoms. The summed E-state index contributed by atoms with van der Waals surface area (Å²) in [6, 6.07) is 11.9. The maximum absolute atomic E-state index is 11.7. The number of phenols is 1.